The summed E-state index contributed by atoms with van der Waals surface area (Å²) in [5.74, 6) is -0.181. The number of urea groups is 1. The molecule has 45 heavy (non-hydrogen) atoms. The summed E-state index contributed by atoms with van der Waals surface area (Å²) in [6.45, 7) is 12.4. The number of carbonyl (C=O) groups excluding carboxylic acids is 3. The molecule has 0 bridgehead atoms. The van der Waals surface area contributed by atoms with Gasteiger partial charge >= 0.3 is 12.1 Å². The first kappa shape index (κ1) is 36.7. The lowest BCUT2D eigenvalue weighted by molar-refractivity contribution is -0.174. The summed E-state index contributed by atoms with van der Waals surface area (Å²) < 4.78 is 30.7. The molecule has 5 atom stereocenters. The SMILES string of the molecule is COC(=O)NCCOC(c1cccc(F)c1)[C@@H]1CCCN(C(=O)N[C@@H](CC2CCCOC2)CN(C=O)OCC(C)[Si](C)(C)C)C1. The third-order valence-electron chi connectivity index (χ3n) is 8.89. The fourth-order valence-electron chi connectivity index (χ4n) is 5.68. The topological polar surface area (TPSA) is 119 Å². The monoisotopic (exact) mass is 652 g/mol. The van der Waals surface area contributed by atoms with Crippen molar-refractivity contribution >= 4 is 26.6 Å². The maximum absolute atomic E-state index is 14.2. The van der Waals surface area contributed by atoms with Crippen LogP contribution in [0.3, 0.4) is 0 Å². The highest BCUT2D eigenvalue weighted by Gasteiger charge is 2.33. The zero-order valence-electron chi connectivity index (χ0n) is 27.6. The van der Waals surface area contributed by atoms with Gasteiger partial charge in [-0.2, -0.15) is 0 Å². The van der Waals surface area contributed by atoms with Gasteiger partial charge in [0.15, 0.2) is 0 Å². The third-order valence-corrected chi connectivity index (χ3v) is 12.0. The van der Waals surface area contributed by atoms with E-state index >= 15 is 0 Å². The van der Waals surface area contributed by atoms with Gasteiger partial charge in [-0.15, -0.1) is 0 Å². The first-order valence-electron chi connectivity index (χ1n) is 16.2. The number of likely N-dealkylation sites (tertiary alicyclic amines) is 1. The number of piperidine rings is 1. The molecule has 2 N–H and O–H groups in total. The van der Waals surface area contributed by atoms with Crippen molar-refractivity contribution in [3.8, 4) is 0 Å². The zero-order chi connectivity index (χ0) is 32.8. The number of benzene rings is 1. The Morgan fingerprint density at radius 1 is 1.24 bits per heavy atom. The molecular weight excluding hydrogens is 599 g/mol. The minimum Gasteiger partial charge on any atom is -0.453 e. The summed E-state index contributed by atoms with van der Waals surface area (Å²) in [4.78, 5) is 44.9. The van der Waals surface area contributed by atoms with Crippen LogP contribution in [0.1, 0.15) is 50.7 Å². The van der Waals surface area contributed by atoms with Crippen molar-refractivity contribution in [2.75, 3.05) is 59.7 Å². The van der Waals surface area contributed by atoms with E-state index in [4.69, 9.17) is 14.3 Å². The van der Waals surface area contributed by atoms with Crippen LogP contribution in [0, 0.1) is 17.7 Å². The minimum atomic E-state index is -1.44. The molecule has 2 fully saturated rings. The van der Waals surface area contributed by atoms with Crippen LogP contribution < -0.4 is 10.6 Å². The number of nitrogens with zero attached hydrogens (tertiary/aromatic N) is 2. The Bertz CT molecular complexity index is 1070. The highest BCUT2D eigenvalue weighted by molar-refractivity contribution is 6.77. The van der Waals surface area contributed by atoms with Crippen molar-refractivity contribution < 1.29 is 37.8 Å². The van der Waals surface area contributed by atoms with Gasteiger partial charge in [0.05, 0.1) is 39.0 Å². The maximum atomic E-state index is 14.2. The molecule has 0 aliphatic carbocycles. The molecule has 11 nitrogen and oxygen atoms in total. The van der Waals surface area contributed by atoms with Crippen molar-refractivity contribution in [2.24, 2.45) is 11.8 Å². The summed E-state index contributed by atoms with van der Waals surface area (Å²) >= 11 is 0. The van der Waals surface area contributed by atoms with Crippen LogP contribution in [0.4, 0.5) is 14.0 Å². The van der Waals surface area contributed by atoms with E-state index in [0.717, 1.165) is 32.3 Å². The number of rotatable bonds is 16. The lowest BCUT2D eigenvalue weighted by Crippen LogP contribution is -2.52. The third kappa shape index (κ3) is 12.5. The molecule has 1 aromatic rings. The minimum absolute atomic E-state index is 0.0903. The van der Waals surface area contributed by atoms with E-state index < -0.39 is 20.3 Å². The second kappa shape index (κ2) is 18.4. The van der Waals surface area contributed by atoms with Crippen LogP contribution in [0.5, 0.6) is 0 Å². The molecule has 0 radical (unpaired) electrons. The average Bonchev–Trinajstić information content (AvgIpc) is 3.02. The van der Waals surface area contributed by atoms with Crippen LogP contribution in [0.15, 0.2) is 24.3 Å². The Balaban J connectivity index is 1.68. The average molecular weight is 653 g/mol. The van der Waals surface area contributed by atoms with E-state index in [-0.39, 0.29) is 49.4 Å². The quantitative estimate of drug-likeness (QED) is 0.112. The van der Waals surface area contributed by atoms with Gasteiger partial charge in [0.1, 0.15) is 5.82 Å². The number of hydrogen-bond donors (Lipinski definition) is 2. The van der Waals surface area contributed by atoms with Crippen molar-refractivity contribution in [1.82, 2.24) is 20.6 Å². The smallest absolute Gasteiger partial charge is 0.406 e. The maximum Gasteiger partial charge on any atom is 0.406 e. The summed E-state index contributed by atoms with van der Waals surface area (Å²) in [5, 5.41) is 7.11. The van der Waals surface area contributed by atoms with Crippen molar-refractivity contribution in [3.63, 3.8) is 0 Å². The number of hydroxylamine groups is 2. The summed E-state index contributed by atoms with van der Waals surface area (Å²) in [6, 6.07) is 5.77. The first-order valence-corrected chi connectivity index (χ1v) is 19.7. The molecule has 2 aliphatic rings. The molecule has 254 valence electrons. The van der Waals surface area contributed by atoms with Crippen molar-refractivity contribution in [3.05, 3.63) is 35.6 Å². The molecule has 13 heteroatoms. The number of hydrogen-bond acceptors (Lipinski definition) is 7. The number of carbonyl (C=O) groups is 3. The van der Waals surface area contributed by atoms with Gasteiger partial charge in [0.25, 0.3) is 0 Å². The first-order chi connectivity index (χ1) is 21.5. The largest absolute Gasteiger partial charge is 0.453 e. The lowest BCUT2D eigenvalue weighted by atomic mass is 9.88. The number of methoxy groups -OCH3 is 1. The Hall–Kier alpha value is -2.74. The number of alkyl carbamates (subject to hydrolysis) is 1. The lowest BCUT2D eigenvalue weighted by Gasteiger charge is -2.38. The van der Waals surface area contributed by atoms with E-state index in [0.29, 0.717) is 50.2 Å². The number of halogens is 1. The van der Waals surface area contributed by atoms with E-state index in [1.807, 2.05) is 6.07 Å². The number of amides is 4. The fraction of sp³-hybridized carbons (Fsp3) is 0.719. The molecule has 3 rings (SSSR count). The molecule has 2 heterocycles. The van der Waals surface area contributed by atoms with Gasteiger partial charge in [-0.1, -0.05) is 38.7 Å². The van der Waals surface area contributed by atoms with Gasteiger partial charge in [-0.3, -0.25) is 9.63 Å². The second-order valence-corrected chi connectivity index (χ2v) is 19.1. The van der Waals surface area contributed by atoms with E-state index in [2.05, 4.69) is 41.9 Å². The molecular formula is C32H53FN4O7Si. The van der Waals surface area contributed by atoms with Crippen molar-refractivity contribution in [2.45, 2.75) is 76.4 Å². The zero-order valence-corrected chi connectivity index (χ0v) is 28.6. The van der Waals surface area contributed by atoms with E-state index in [9.17, 15) is 18.8 Å². The van der Waals surface area contributed by atoms with Gasteiger partial charge in [-0.05, 0) is 61.3 Å². The van der Waals surface area contributed by atoms with Crippen LogP contribution >= 0.6 is 0 Å². The Labute approximate surface area is 268 Å². The van der Waals surface area contributed by atoms with Crippen LogP contribution in [0.2, 0.25) is 25.2 Å². The molecule has 0 saturated carbocycles. The highest BCUT2D eigenvalue weighted by Crippen LogP contribution is 2.33. The molecule has 3 unspecified atom stereocenters. The fourth-order valence-corrected chi connectivity index (χ4v) is 6.26. The highest BCUT2D eigenvalue weighted by atomic mass is 28.3. The number of nitrogens with one attached hydrogen (secondary N) is 2. The van der Waals surface area contributed by atoms with Crippen LogP contribution in [-0.2, 0) is 23.8 Å². The molecule has 0 spiro atoms. The van der Waals surface area contributed by atoms with Crippen molar-refractivity contribution in [1.29, 1.82) is 0 Å². The molecule has 4 amide bonds. The Morgan fingerprint density at radius 3 is 2.71 bits per heavy atom. The predicted octanol–water partition coefficient (Wildman–Crippen LogP) is 4.96. The van der Waals surface area contributed by atoms with Gasteiger partial charge in [0.2, 0.25) is 6.41 Å². The summed E-state index contributed by atoms with van der Waals surface area (Å²) in [5.41, 5.74) is 1.04. The number of ether oxygens (including phenoxy) is 3. The molecule has 0 aromatic heterocycles. The summed E-state index contributed by atoms with van der Waals surface area (Å²) in [6.07, 6.45) is 3.86. The van der Waals surface area contributed by atoms with E-state index in [1.165, 1.54) is 24.3 Å². The van der Waals surface area contributed by atoms with Crippen LogP contribution in [-0.4, -0.2) is 102 Å². The Kier molecular flexibility index (Phi) is 15.0. The standard InChI is InChI=1S/C32H53FN4O7Si/c1-24(45(3,4)5)21-44-37(23-38)20-29(17-25-9-8-15-42-22-25)35-31(39)36-14-7-11-27(19-36)30(26-10-6-12-28(33)18-26)43-16-13-34-32(40)41-2/h6,10,12,18,23-25,27,29-30H,7-9,11,13-17,19-22H2,1-5H3,(H,34,40)(H,35,39)/t24?,25?,27-,29+,30?/m1/s1. The van der Waals surface area contributed by atoms with Gasteiger partial charge < -0.3 is 29.7 Å². The van der Waals surface area contributed by atoms with Crippen LogP contribution in [0.25, 0.3) is 0 Å². The van der Waals surface area contributed by atoms with Gasteiger partial charge in [0, 0.05) is 46.8 Å². The molecule has 2 saturated heterocycles. The van der Waals surface area contributed by atoms with E-state index in [1.54, 1.807) is 11.0 Å². The summed E-state index contributed by atoms with van der Waals surface area (Å²) in [7, 11) is -0.150. The second-order valence-electron chi connectivity index (χ2n) is 13.3. The van der Waals surface area contributed by atoms with Gasteiger partial charge in [-0.25, -0.2) is 19.0 Å². The molecule has 2 aliphatic heterocycles. The predicted molar refractivity (Wildman–Crippen MR) is 172 cm³/mol. The molecule has 1 aromatic carbocycles. The Morgan fingerprint density at radius 2 is 2.04 bits per heavy atom. The normalized spacial score (nSPS) is 20.9.